The highest BCUT2D eigenvalue weighted by atomic mass is 16.5. The second-order valence-electron chi connectivity index (χ2n) is 5.34. The molecule has 0 unspecified atom stereocenters. The first-order chi connectivity index (χ1) is 13.2. The molecular formula is C21H12N2O4. The summed E-state index contributed by atoms with van der Waals surface area (Å²) in [5, 5.41) is 16.9. The highest BCUT2D eigenvalue weighted by Crippen LogP contribution is 2.25. The smallest absolute Gasteiger partial charge is 0.292 e. The lowest BCUT2D eigenvalue weighted by Gasteiger charge is -2.07. The van der Waals surface area contributed by atoms with Crippen molar-refractivity contribution >= 4 is 5.78 Å². The SMILES string of the molecule is N#COc1ccc(Oc2ccc(C(=O)c3ccc(OC#N)cc3)cc2)cc1. The van der Waals surface area contributed by atoms with Crippen LogP contribution in [0.5, 0.6) is 23.0 Å². The van der Waals surface area contributed by atoms with E-state index in [4.69, 9.17) is 24.7 Å². The topological polar surface area (TPSA) is 92.3 Å². The van der Waals surface area contributed by atoms with E-state index < -0.39 is 0 Å². The summed E-state index contributed by atoms with van der Waals surface area (Å²) in [7, 11) is 0. The number of rotatable bonds is 6. The van der Waals surface area contributed by atoms with Gasteiger partial charge in [0, 0.05) is 11.1 Å². The van der Waals surface area contributed by atoms with Crippen LogP contribution in [0.15, 0.2) is 72.8 Å². The van der Waals surface area contributed by atoms with Crippen LogP contribution in [-0.4, -0.2) is 5.78 Å². The van der Waals surface area contributed by atoms with Gasteiger partial charge in [0.25, 0.3) is 12.5 Å². The summed E-state index contributed by atoms with van der Waals surface area (Å²) in [5.41, 5.74) is 0.996. The van der Waals surface area contributed by atoms with E-state index in [1.165, 1.54) is 0 Å². The summed E-state index contributed by atoms with van der Waals surface area (Å²) >= 11 is 0. The maximum Gasteiger partial charge on any atom is 0.292 e. The molecule has 0 bridgehead atoms. The normalized spacial score (nSPS) is 9.56. The van der Waals surface area contributed by atoms with Gasteiger partial charge in [0.2, 0.25) is 0 Å². The van der Waals surface area contributed by atoms with Crippen LogP contribution < -0.4 is 14.2 Å². The molecule has 130 valence electrons. The maximum atomic E-state index is 12.5. The van der Waals surface area contributed by atoms with Crippen LogP contribution in [0.4, 0.5) is 0 Å². The van der Waals surface area contributed by atoms with Gasteiger partial charge in [-0.2, -0.15) is 0 Å². The van der Waals surface area contributed by atoms with E-state index in [1.54, 1.807) is 85.3 Å². The average Bonchev–Trinajstić information content (AvgIpc) is 2.71. The number of hydrogen-bond acceptors (Lipinski definition) is 6. The van der Waals surface area contributed by atoms with Gasteiger partial charge in [0.05, 0.1) is 0 Å². The zero-order valence-electron chi connectivity index (χ0n) is 14.0. The van der Waals surface area contributed by atoms with Crippen molar-refractivity contribution in [3.05, 3.63) is 83.9 Å². The van der Waals surface area contributed by atoms with Gasteiger partial charge in [-0.05, 0) is 72.8 Å². The van der Waals surface area contributed by atoms with Gasteiger partial charge < -0.3 is 14.2 Å². The van der Waals surface area contributed by atoms with Gasteiger partial charge in [0.15, 0.2) is 5.78 Å². The van der Waals surface area contributed by atoms with Crippen molar-refractivity contribution in [3.63, 3.8) is 0 Å². The molecule has 0 saturated heterocycles. The standard InChI is InChI=1S/C21H12N2O4/c22-13-25-17-5-1-15(2-6-17)21(24)16-3-7-19(8-4-16)27-20-11-9-18(10-12-20)26-14-23/h1-12H. The molecule has 6 heteroatoms. The Labute approximate surface area is 155 Å². The van der Waals surface area contributed by atoms with Gasteiger partial charge in [-0.3, -0.25) is 4.79 Å². The van der Waals surface area contributed by atoms with Gasteiger partial charge in [-0.15, -0.1) is 10.5 Å². The van der Waals surface area contributed by atoms with Crippen molar-refractivity contribution in [1.82, 2.24) is 0 Å². The molecule has 0 aliphatic carbocycles. The van der Waals surface area contributed by atoms with E-state index >= 15 is 0 Å². The molecule has 0 amide bonds. The first kappa shape index (κ1) is 17.5. The molecule has 0 aromatic heterocycles. The molecule has 0 atom stereocenters. The van der Waals surface area contributed by atoms with Crippen LogP contribution in [0.25, 0.3) is 0 Å². The minimum absolute atomic E-state index is 0.150. The van der Waals surface area contributed by atoms with Crippen LogP contribution in [0.3, 0.4) is 0 Å². The van der Waals surface area contributed by atoms with Gasteiger partial charge in [-0.1, -0.05) is 0 Å². The molecule has 27 heavy (non-hydrogen) atoms. The van der Waals surface area contributed by atoms with Crippen molar-refractivity contribution in [2.45, 2.75) is 0 Å². The third-order valence-electron chi connectivity index (χ3n) is 3.62. The Kier molecular flexibility index (Phi) is 5.32. The minimum atomic E-state index is -0.150. The number of nitrogens with zero attached hydrogens (tertiary/aromatic N) is 2. The largest absolute Gasteiger partial charge is 0.457 e. The average molecular weight is 356 g/mol. The number of ether oxygens (including phenoxy) is 3. The number of carbonyl (C=O) groups excluding carboxylic acids is 1. The first-order valence-corrected chi connectivity index (χ1v) is 7.84. The molecule has 6 nitrogen and oxygen atoms in total. The summed E-state index contributed by atoms with van der Waals surface area (Å²) in [4.78, 5) is 12.5. The van der Waals surface area contributed by atoms with E-state index in [0.29, 0.717) is 34.1 Å². The number of carbonyl (C=O) groups is 1. The number of hydrogen-bond donors (Lipinski definition) is 0. The Morgan fingerprint density at radius 3 is 1.33 bits per heavy atom. The Morgan fingerprint density at radius 2 is 0.926 bits per heavy atom. The fourth-order valence-electron chi connectivity index (χ4n) is 2.33. The van der Waals surface area contributed by atoms with Gasteiger partial charge in [-0.25, -0.2) is 0 Å². The second-order valence-corrected chi connectivity index (χ2v) is 5.34. The van der Waals surface area contributed by atoms with Gasteiger partial charge >= 0.3 is 0 Å². The Hall–Kier alpha value is -4.29. The van der Waals surface area contributed by atoms with Crippen molar-refractivity contribution in [2.75, 3.05) is 0 Å². The molecule has 0 spiro atoms. The van der Waals surface area contributed by atoms with Crippen molar-refractivity contribution in [1.29, 1.82) is 10.5 Å². The molecule has 0 aliphatic heterocycles. The zero-order chi connectivity index (χ0) is 19.1. The molecule has 3 aromatic carbocycles. The fraction of sp³-hybridized carbons (Fsp3) is 0. The predicted molar refractivity (Wildman–Crippen MR) is 95.3 cm³/mol. The lowest BCUT2D eigenvalue weighted by atomic mass is 10.0. The Bertz CT molecular complexity index is 1010. The van der Waals surface area contributed by atoms with Crippen molar-refractivity contribution in [2.24, 2.45) is 0 Å². The van der Waals surface area contributed by atoms with Crippen molar-refractivity contribution < 1.29 is 19.0 Å². The van der Waals surface area contributed by atoms with Crippen LogP contribution in [0, 0.1) is 23.0 Å². The van der Waals surface area contributed by atoms with E-state index in [9.17, 15) is 4.79 Å². The number of benzene rings is 3. The predicted octanol–water partition coefficient (Wildman–Crippen LogP) is 4.43. The molecular weight excluding hydrogens is 344 g/mol. The molecule has 0 N–H and O–H groups in total. The molecule has 0 heterocycles. The van der Waals surface area contributed by atoms with Crippen LogP contribution in [0.2, 0.25) is 0 Å². The van der Waals surface area contributed by atoms with Crippen LogP contribution >= 0.6 is 0 Å². The highest BCUT2D eigenvalue weighted by molar-refractivity contribution is 6.09. The van der Waals surface area contributed by atoms with E-state index in [-0.39, 0.29) is 5.78 Å². The van der Waals surface area contributed by atoms with Crippen LogP contribution in [0.1, 0.15) is 15.9 Å². The summed E-state index contributed by atoms with van der Waals surface area (Å²) in [5.74, 6) is 1.80. The monoisotopic (exact) mass is 356 g/mol. The number of nitriles is 2. The third kappa shape index (κ3) is 4.41. The van der Waals surface area contributed by atoms with E-state index in [2.05, 4.69) is 0 Å². The molecule has 3 rings (SSSR count). The molecule has 0 fully saturated rings. The Balaban J connectivity index is 1.68. The molecule has 0 saturated carbocycles. The quantitative estimate of drug-likeness (QED) is 0.479. The van der Waals surface area contributed by atoms with Crippen molar-refractivity contribution in [3.8, 4) is 35.5 Å². The lowest BCUT2D eigenvalue weighted by molar-refractivity contribution is 0.103. The van der Waals surface area contributed by atoms with Gasteiger partial charge in [0.1, 0.15) is 23.0 Å². The Morgan fingerprint density at radius 1 is 0.593 bits per heavy atom. The summed E-state index contributed by atoms with van der Waals surface area (Å²) < 4.78 is 15.1. The summed E-state index contributed by atoms with van der Waals surface area (Å²) in [6, 6.07) is 19.7. The fourth-order valence-corrected chi connectivity index (χ4v) is 2.33. The summed E-state index contributed by atoms with van der Waals surface area (Å²) in [6.07, 6.45) is 3.18. The third-order valence-corrected chi connectivity index (χ3v) is 3.62. The molecule has 0 aliphatic rings. The summed E-state index contributed by atoms with van der Waals surface area (Å²) in [6.45, 7) is 0. The minimum Gasteiger partial charge on any atom is -0.457 e. The molecule has 3 aromatic rings. The first-order valence-electron chi connectivity index (χ1n) is 7.84. The van der Waals surface area contributed by atoms with Crippen LogP contribution in [-0.2, 0) is 0 Å². The van der Waals surface area contributed by atoms with E-state index in [0.717, 1.165) is 0 Å². The highest BCUT2D eigenvalue weighted by Gasteiger charge is 2.10. The maximum absolute atomic E-state index is 12.5. The lowest BCUT2D eigenvalue weighted by Crippen LogP contribution is -2.01. The second kappa shape index (κ2) is 8.19. The van der Waals surface area contributed by atoms with E-state index in [1.807, 2.05) is 0 Å². The zero-order valence-corrected chi connectivity index (χ0v) is 14.0. The number of ketones is 1. The molecule has 0 radical (unpaired) electrons.